The van der Waals surface area contributed by atoms with E-state index >= 15 is 0 Å². The summed E-state index contributed by atoms with van der Waals surface area (Å²) in [6, 6.07) is 6.56. The Kier molecular flexibility index (Phi) is 7.68. The molecule has 3 rings (SSSR count). The first-order valence-corrected chi connectivity index (χ1v) is 11.1. The van der Waals surface area contributed by atoms with Gasteiger partial charge >= 0.3 is 0 Å². The van der Waals surface area contributed by atoms with Crippen molar-refractivity contribution in [3.63, 3.8) is 0 Å². The second-order valence-electron chi connectivity index (χ2n) is 8.87. The molecule has 2 aromatic rings. The topological polar surface area (TPSA) is 107 Å². The van der Waals surface area contributed by atoms with Gasteiger partial charge in [0.2, 0.25) is 17.1 Å². The third-order valence-electron chi connectivity index (χ3n) is 6.23. The molecule has 1 amide bonds. The number of benzene rings is 1. The first-order chi connectivity index (χ1) is 15.7. The minimum Gasteiger partial charge on any atom is -0.502 e. The highest BCUT2D eigenvalue weighted by atomic mass is 16.5. The van der Waals surface area contributed by atoms with Gasteiger partial charge in [-0.1, -0.05) is 19.9 Å². The average molecular weight is 460 g/mol. The Morgan fingerprint density at radius 3 is 2.42 bits per heavy atom. The number of hydrogen-bond acceptors (Lipinski definition) is 7. The Morgan fingerprint density at radius 2 is 1.82 bits per heavy atom. The zero-order valence-corrected chi connectivity index (χ0v) is 19.9. The second kappa shape index (κ2) is 10.3. The molecule has 0 saturated carbocycles. The van der Waals surface area contributed by atoms with Crippen LogP contribution >= 0.6 is 0 Å². The predicted octanol–water partition coefficient (Wildman–Crippen LogP) is 3.62. The van der Waals surface area contributed by atoms with E-state index < -0.39 is 16.6 Å². The van der Waals surface area contributed by atoms with Crippen molar-refractivity contribution in [3.05, 3.63) is 51.6 Å². The summed E-state index contributed by atoms with van der Waals surface area (Å²) < 4.78 is 22.1. The largest absolute Gasteiger partial charge is 0.502 e. The molecule has 8 nitrogen and oxygen atoms in total. The fourth-order valence-electron chi connectivity index (χ4n) is 4.42. The molecular formula is C25H33NO7. The van der Waals surface area contributed by atoms with Gasteiger partial charge in [0.15, 0.2) is 17.3 Å². The molecule has 0 spiro atoms. The Labute approximate surface area is 193 Å². The number of hydrogen-bond donors (Lipinski definition) is 2. The van der Waals surface area contributed by atoms with Crippen LogP contribution in [0.3, 0.4) is 0 Å². The van der Waals surface area contributed by atoms with Crippen LogP contribution in [-0.2, 0) is 14.9 Å². The van der Waals surface area contributed by atoms with Crippen molar-refractivity contribution in [3.8, 4) is 17.2 Å². The Bertz CT molecular complexity index is 1040. The maximum Gasteiger partial charge on any atom is 0.227 e. The first kappa shape index (κ1) is 24.6. The normalized spacial score (nSPS) is 16.3. The van der Waals surface area contributed by atoms with E-state index in [9.17, 15) is 14.7 Å². The molecule has 33 heavy (non-hydrogen) atoms. The van der Waals surface area contributed by atoms with Crippen molar-refractivity contribution in [2.75, 3.05) is 27.4 Å². The summed E-state index contributed by atoms with van der Waals surface area (Å²) in [6.45, 7) is 6.53. The summed E-state index contributed by atoms with van der Waals surface area (Å²) in [7, 11) is 3.15. The second-order valence-corrected chi connectivity index (χ2v) is 8.87. The first-order valence-electron chi connectivity index (χ1n) is 11.1. The number of aromatic hydroxyl groups is 1. The molecule has 180 valence electrons. The van der Waals surface area contributed by atoms with Crippen molar-refractivity contribution in [2.45, 2.75) is 51.5 Å². The Balaban J connectivity index is 1.90. The molecule has 0 radical (unpaired) electrons. The van der Waals surface area contributed by atoms with Gasteiger partial charge in [-0.15, -0.1) is 0 Å². The van der Waals surface area contributed by atoms with Gasteiger partial charge in [-0.05, 0) is 43.4 Å². The molecule has 1 aliphatic heterocycles. The molecule has 1 saturated heterocycles. The van der Waals surface area contributed by atoms with E-state index in [2.05, 4.69) is 5.32 Å². The van der Waals surface area contributed by atoms with E-state index in [-0.39, 0.29) is 30.0 Å². The quantitative estimate of drug-likeness (QED) is 0.621. The molecule has 1 unspecified atom stereocenters. The third kappa shape index (κ3) is 5.33. The highest BCUT2D eigenvalue weighted by molar-refractivity contribution is 5.78. The number of ether oxygens (including phenoxy) is 3. The van der Waals surface area contributed by atoms with Gasteiger partial charge in [0.25, 0.3) is 0 Å². The van der Waals surface area contributed by atoms with E-state index in [4.69, 9.17) is 18.6 Å². The van der Waals surface area contributed by atoms with Crippen LogP contribution in [0.1, 0.15) is 56.2 Å². The van der Waals surface area contributed by atoms with Gasteiger partial charge in [-0.3, -0.25) is 9.59 Å². The van der Waals surface area contributed by atoms with Gasteiger partial charge in [-0.2, -0.15) is 0 Å². The van der Waals surface area contributed by atoms with E-state index in [0.717, 1.165) is 5.56 Å². The summed E-state index contributed by atoms with van der Waals surface area (Å²) in [5, 5.41) is 13.6. The lowest BCUT2D eigenvalue weighted by atomic mass is 9.74. The third-order valence-corrected chi connectivity index (χ3v) is 6.23. The van der Waals surface area contributed by atoms with Crippen LogP contribution < -0.4 is 20.2 Å². The van der Waals surface area contributed by atoms with Crippen LogP contribution in [0.15, 0.2) is 33.5 Å². The molecule has 2 N–H and O–H groups in total. The van der Waals surface area contributed by atoms with Crippen molar-refractivity contribution in [1.82, 2.24) is 5.32 Å². The summed E-state index contributed by atoms with van der Waals surface area (Å²) in [5.74, 6) is 1.22. The van der Waals surface area contributed by atoms with Gasteiger partial charge in [0.05, 0.1) is 20.3 Å². The maximum absolute atomic E-state index is 13.3. The number of amides is 1. The number of rotatable bonds is 8. The van der Waals surface area contributed by atoms with E-state index in [0.29, 0.717) is 43.3 Å². The zero-order valence-electron chi connectivity index (χ0n) is 19.9. The smallest absolute Gasteiger partial charge is 0.227 e. The van der Waals surface area contributed by atoms with Crippen LogP contribution in [0.4, 0.5) is 0 Å². The molecule has 0 bridgehead atoms. The highest BCUT2D eigenvalue weighted by Crippen LogP contribution is 2.42. The number of nitrogens with one attached hydrogen (secondary N) is 1. The summed E-state index contributed by atoms with van der Waals surface area (Å²) >= 11 is 0. The summed E-state index contributed by atoms with van der Waals surface area (Å²) in [5.41, 5.74) is -0.441. The molecule has 1 atom stereocenters. The van der Waals surface area contributed by atoms with Gasteiger partial charge in [-0.25, -0.2) is 0 Å². The van der Waals surface area contributed by atoms with Crippen LogP contribution in [0.5, 0.6) is 17.2 Å². The van der Waals surface area contributed by atoms with Gasteiger partial charge < -0.3 is 29.1 Å². The van der Waals surface area contributed by atoms with E-state index in [1.807, 2.05) is 32.0 Å². The average Bonchev–Trinajstić information content (AvgIpc) is 2.79. The number of methoxy groups -OCH3 is 2. The van der Waals surface area contributed by atoms with Crippen molar-refractivity contribution in [1.29, 1.82) is 0 Å². The van der Waals surface area contributed by atoms with E-state index in [1.54, 1.807) is 21.1 Å². The van der Waals surface area contributed by atoms with Crippen LogP contribution in [0.25, 0.3) is 0 Å². The molecule has 1 fully saturated rings. The Hall–Kier alpha value is -3.00. The monoisotopic (exact) mass is 459 g/mol. The van der Waals surface area contributed by atoms with Crippen LogP contribution in [0, 0.1) is 12.8 Å². The predicted molar refractivity (Wildman–Crippen MR) is 123 cm³/mol. The van der Waals surface area contributed by atoms with Gasteiger partial charge in [0, 0.05) is 31.1 Å². The highest BCUT2D eigenvalue weighted by Gasteiger charge is 2.42. The molecule has 1 aromatic heterocycles. The fourth-order valence-corrected chi connectivity index (χ4v) is 4.42. The number of carbonyl (C=O) groups is 1. The molecule has 0 aliphatic carbocycles. The van der Waals surface area contributed by atoms with Crippen molar-refractivity contribution < 1.29 is 28.5 Å². The molecule has 1 aromatic carbocycles. The lowest BCUT2D eigenvalue weighted by molar-refractivity contribution is -0.124. The molecule has 2 heterocycles. The molecule has 8 heteroatoms. The SMILES string of the molecule is COc1ccc(C(NC(=O)CC2(c3oc(C)cc(=O)c3O)CCOCC2)C(C)C)cc1OC. The maximum atomic E-state index is 13.3. The summed E-state index contributed by atoms with van der Waals surface area (Å²) in [6.07, 6.45) is 0.985. The minimum atomic E-state index is -0.823. The summed E-state index contributed by atoms with van der Waals surface area (Å²) in [4.78, 5) is 25.6. The lowest BCUT2D eigenvalue weighted by Gasteiger charge is -2.36. The van der Waals surface area contributed by atoms with E-state index in [1.165, 1.54) is 6.07 Å². The number of aryl methyl sites for hydroxylation is 1. The molecular weight excluding hydrogens is 426 g/mol. The van der Waals surface area contributed by atoms with Crippen molar-refractivity contribution in [2.24, 2.45) is 5.92 Å². The lowest BCUT2D eigenvalue weighted by Crippen LogP contribution is -2.41. The standard InChI is InChI=1S/C25H33NO7/c1-15(2)22(17-6-7-19(30-4)20(13-17)31-5)26-21(28)14-25(8-10-32-11-9-25)24-23(29)18(27)12-16(3)33-24/h6-7,12-13,15,22,29H,8-11,14H2,1-5H3,(H,26,28). The molecule has 1 aliphatic rings. The van der Waals surface area contributed by atoms with Crippen molar-refractivity contribution >= 4 is 5.91 Å². The Morgan fingerprint density at radius 1 is 1.15 bits per heavy atom. The minimum absolute atomic E-state index is 0.0623. The van der Waals surface area contributed by atoms with Gasteiger partial charge in [0.1, 0.15) is 5.76 Å². The zero-order chi connectivity index (χ0) is 24.2. The van der Waals surface area contributed by atoms with Crippen LogP contribution in [0.2, 0.25) is 0 Å². The van der Waals surface area contributed by atoms with Crippen LogP contribution in [-0.4, -0.2) is 38.4 Å². The number of carbonyl (C=O) groups excluding carboxylic acids is 1. The fraction of sp³-hybridized carbons (Fsp3) is 0.520.